The summed E-state index contributed by atoms with van der Waals surface area (Å²) in [7, 11) is 1.67. The zero-order valence-corrected chi connectivity index (χ0v) is 15.5. The van der Waals surface area contributed by atoms with E-state index >= 15 is 0 Å². The van der Waals surface area contributed by atoms with Crippen LogP contribution in [-0.2, 0) is 4.79 Å². The van der Waals surface area contributed by atoms with E-state index in [9.17, 15) is 4.79 Å². The Morgan fingerprint density at radius 2 is 2.09 bits per heavy atom. The number of hydrogen-bond acceptors (Lipinski definition) is 3. The van der Waals surface area contributed by atoms with Crippen molar-refractivity contribution in [1.82, 2.24) is 0 Å². The predicted molar refractivity (Wildman–Crippen MR) is 99.1 cm³/mol. The third-order valence-corrected chi connectivity index (χ3v) is 5.46. The van der Waals surface area contributed by atoms with E-state index in [-0.39, 0.29) is 17.0 Å². The number of allylic oxidation sites excluding steroid dienone is 3. The Morgan fingerprint density at radius 1 is 1.35 bits per heavy atom. The van der Waals surface area contributed by atoms with Gasteiger partial charge in [-0.05, 0) is 42.3 Å². The van der Waals surface area contributed by atoms with Crippen molar-refractivity contribution < 1.29 is 9.53 Å². The van der Waals surface area contributed by atoms with Gasteiger partial charge in [0.05, 0.1) is 12.0 Å². The number of fused-ring (bicyclic) bond motifs is 1. The lowest BCUT2D eigenvalue weighted by molar-refractivity contribution is -0.114. The minimum atomic E-state index is 0.0690. The van der Waals surface area contributed by atoms with Gasteiger partial charge in [0.2, 0.25) is 0 Å². The molecule has 124 valence electrons. The first-order chi connectivity index (χ1) is 11.0. The van der Waals surface area contributed by atoms with E-state index in [2.05, 4.69) is 45.1 Å². The second kappa shape index (κ2) is 7.87. The van der Waals surface area contributed by atoms with Crippen molar-refractivity contribution in [3.63, 3.8) is 0 Å². The lowest BCUT2D eigenvalue weighted by atomic mass is 9.95. The SMILES string of the molecule is CCCC(C)C(=O)Sc1c(OC)ccc2c1C(C)C=C(C)C=C2. The summed E-state index contributed by atoms with van der Waals surface area (Å²) in [5.41, 5.74) is 3.61. The highest BCUT2D eigenvalue weighted by molar-refractivity contribution is 8.13. The molecule has 1 aliphatic rings. The molecule has 0 fully saturated rings. The smallest absolute Gasteiger partial charge is 0.196 e. The largest absolute Gasteiger partial charge is 0.496 e. The van der Waals surface area contributed by atoms with Gasteiger partial charge in [0.25, 0.3) is 0 Å². The molecule has 0 bridgehead atoms. The summed E-state index contributed by atoms with van der Waals surface area (Å²) in [5, 5.41) is 0.222. The Hall–Kier alpha value is -1.48. The molecule has 0 spiro atoms. The van der Waals surface area contributed by atoms with Crippen LogP contribution in [0.4, 0.5) is 0 Å². The van der Waals surface area contributed by atoms with Crippen molar-refractivity contribution in [2.75, 3.05) is 7.11 Å². The number of ether oxygens (including phenoxy) is 1. The van der Waals surface area contributed by atoms with Gasteiger partial charge in [0.1, 0.15) is 5.75 Å². The first-order valence-electron chi connectivity index (χ1n) is 8.27. The van der Waals surface area contributed by atoms with Gasteiger partial charge in [0, 0.05) is 11.8 Å². The first kappa shape index (κ1) is 17.9. The highest BCUT2D eigenvalue weighted by Gasteiger charge is 2.23. The predicted octanol–water partition coefficient (Wildman–Crippen LogP) is 5.83. The summed E-state index contributed by atoms with van der Waals surface area (Å²) in [4.78, 5) is 13.6. The van der Waals surface area contributed by atoms with E-state index in [0.717, 1.165) is 23.5 Å². The molecule has 1 aliphatic carbocycles. The van der Waals surface area contributed by atoms with Gasteiger partial charge in [-0.3, -0.25) is 4.79 Å². The Balaban J connectivity index is 2.46. The summed E-state index contributed by atoms with van der Waals surface area (Å²) < 4.78 is 5.55. The normalized spacial score (nSPS) is 18.0. The molecular weight excluding hydrogens is 304 g/mol. The molecule has 2 nitrogen and oxygen atoms in total. The number of benzene rings is 1. The molecule has 2 rings (SSSR count). The second-order valence-electron chi connectivity index (χ2n) is 6.24. The van der Waals surface area contributed by atoms with Crippen molar-refractivity contribution >= 4 is 23.0 Å². The van der Waals surface area contributed by atoms with Gasteiger partial charge in [-0.15, -0.1) is 0 Å². The van der Waals surface area contributed by atoms with Crippen molar-refractivity contribution in [1.29, 1.82) is 0 Å². The van der Waals surface area contributed by atoms with Crippen molar-refractivity contribution in [2.45, 2.75) is 51.3 Å². The average molecular weight is 330 g/mol. The molecule has 0 radical (unpaired) electrons. The maximum atomic E-state index is 12.6. The molecule has 0 saturated heterocycles. The van der Waals surface area contributed by atoms with Crippen LogP contribution in [0.1, 0.15) is 57.6 Å². The average Bonchev–Trinajstić information content (AvgIpc) is 2.66. The van der Waals surface area contributed by atoms with E-state index in [0.29, 0.717) is 0 Å². The number of carbonyl (C=O) groups excluding carboxylic acids is 1. The van der Waals surface area contributed by atoms with Crippen molar-refractivity contribution in [3.8, 4) is 5.75 Å². The molecular formula is C20H26O2S. The van der Waals surface area contributed by atoms with Gasteiger partial charge < -0.3 is 4.74 Å². The minimum Gasteiger partial charge on any atom is -0.496 e. The van der Waals surface area contributed by atoms with Crippen LogP contribution in [0.25, 0.3) is 6.08 Å². The van der Waals surface area contributed by atoms with Crippen LogP contribution >= 0.6 is 11.8 Å². The highest BCUT2D eigenvalue weighted by Crippen LogP contribution is 2.42. The Kier molecular flexibility index (Phi) is 6.11. The minimum absolute atomic E-state index is 0.0690. The summed E-state index contributed by atoms with van der Waals surface area (Å²) >= 11 is 1.34. The first-order valence-corrected chi connectivity index (χ1v) is 9.08. The Labute approximate surface area is 144 Å². The van der Waals surface area contributed by atoms with Gasteiger partial charge in [-0.2, -0.15) is 0 Å². The number of rotatable bonds is 5. The summed E-state index contributed by atoms with van der Waals surface area (Å²) in [5.74, 6) is 1.12. The molecule has 3 heteroatoms. The number of thioether (sulfide) groups is 1. The van der Waals surface area contributed by atoms with Crippen LogP contribution < -0.4 is 4.74 Å². The monoisotopic (exact) mass is 330 g/mol. The Bertz CT molecular complexity index is 643. The van der Waals surface area contributed by atoms with Gasteiger partial charge in [0.15, 0.2) is 5.12 Å². The summed E-state index contributed by atoms with van der Waals surface area (Å²) in [6.45, 7) is 8.42. The molecule has 0 aliphatic heterocycles. The van der Waals surface area contributed by atoms with E-state index in [1.807, 2.05) is 13.0 Å². The quantitative estimate of drug-likeness (QED) is 0.636. The van der Waals surface area contributed by atoms with Gasteiger partial charge in [-0.1, -0.05) is 57.1 Å². The molecule has 2 unspecified atom stereocenters. The zero-order valence-electron chi connectivity index (χ0n) is 14.7. The Morgan fingerprint density at radius 3 is 2.74 bits per heavy atom. The van der Waals surface area contributed by atoms with Crippen LogP contribution in [0.15, 0.2) is 34.8 Å². The van der Waals surface area contributed by atoms with Crippen LogP contribution in [0, 0.1) is 5.92 Å². The maximum absolute atomic E-state index is 12.6. The molecule has 0 amide bonds. The lowest BCUT2D eigenvalue weighted by Crippen LogP contribution is -2.08. The molecule has 0 N–H and O–H groups in total. The fourth-order valence-electron chi connectivity index (χ4n) is 2.98. The lowest BCUT2D eigenvalue weighted by Gasteiger charge is -2.19. The van der Waals surface area contributed by atoms with Gasteiger partial charge in [-0.25, -0.2) is 0 Å². The van der Waals surface area contributed by atoms with Crippen molar-refractivity contribution in [3.05, 3.63) is 41.0 Å². The van der Waals surface area contributed by atoms with Crippen LogP contribution in [0.2, 0.25) is 0 Å². The van der Waals surface area contributed by atoms with Crippen molar-refractivity contribution in [2.24, 2.45) is 5.92 Å². The molecule has 1 aromatic carbocycles. The molecule has 23 heavy (non-hydrogen) atoms. The van der Waals surface area contributed by atoms with Gasteiger partial charge >= 0.3 is 0 Å². The zero-order chi connectivity index (χ0) is 17.0. The van der Waals surface area contributed by atoms with E-state index < -0.39 is 0 Å². The molecule has 0 aromatic heterocycles. The fourth-order valence-corrected chi connectivity index (χ4v) is 4.17. The molecule has 2 atom stereocenters. The van der Waals surface area contributed by atoms with E-state index in [4.69, 9.17) is 4.74 Å². The molecule has 0 saturated carbocycles. The van der Waals surface area contributed by atoms with E-state index in [1.54, 1.807) is 7.11 Å². The second-order valence-corrected chi connectivity index (χ2v) is 7.26. The maximum Gasteiger partial charge on any atom is 0.196 e. The summed E-state index contributed by atoms with van der Waals surface area (Å²) in [6, 6.07) is 4.05. The number of carbonyl (C=O) groups is 1. The third-order valence-electron chi connectivity index (χ3n) is 4.23. The van der Waals surface area contributed by atoms with E-state index in [1.165, 1.54) is 28.5 Å². The third kappa shape index (κ3) is 4.08. The molecule has 0 heterocycles. The molecule has 1 aromatic rings. The number of methoxy groups -OCH3 is 1. The fraction of sp³-hybridized carbons (Fsp3) is 0.450. The summed E-state index contributed by atoms with van der Waals surface area (Å²) in [6.07, 6.45) is 8.46. The number of hydrogen-bond donors (Lipinski definition) is 0. The van der Waals surface area contributed by atoms with Crippen LogP contribution in [0.5, 0.6) is 5.75 Å². The standard InChI is InChI=1S/C20H26O2S/c1-6-7-14(3)20(21)23-19-17(22-5)11-10-16-9-8-13(2)12-15(4)18(16)19/h8-12,14-15H,6-7H2,1-5H3. The topological polar surface area (TPSA) is 26.3 Å². The highest BCUT2D eigenvalue weighted by atomic mass is 32.2. The van der Waals surface area contributed by atoms with Crippen LogP contribution in [0.3, 0.4) is 0 Å². The van der Waals surface area contributed by atoms with Crippen LogP contribution in [-0.4, -0.2) is 12.2 Å².